The Bertz CT molecular complexity index is 510. The third-order valence-electron chi connectivity index (χ3n) is 4.93. The molecule has 1 aromatic rings. The molecule has 0 amide bonds. The average Bonchev–Trinajstić information content (AvgIpc) is 2.54. The van der Waals surface area contributed by atoms with Gasteiger partial charge in [0.2, 0.25) is 0 Å². The lowest BCUT2D eigenvalue weighted by molar-refractivity contribution is -0.137. The van der Waals surface area contributed by atoms with E-state index in [1.54, 1.807) is 0 Å². The van der Waals surface area contributed by atoms with E-state index in [1.165, 1.54) is 5.56 Å². The number of benzene rings is 1. The van der Waals surface area contributed by atoms with Gasteiger partial charge in [0, 0.05) is 13.1 Å². The SMILES string of the molecule is CCC(C)(C)c1ccc(OC2CCCN(CCC(=O)O)C2)cc1. The summed E-state index contributed by atoms with van der Waals surface area (Å²) in [5.41, 5.74) is 1.52. The minimum Gasteiger partial charge on any atom is -0.489 e. The van der Waals surface area contributed by atoms with Gasteiger partial charge in [0.05, 0.1) is 6.42 Å². The van der Waals surface area contributed by atoms with Crippen molar-refractivity contribution >= 4 is 5.97 Å². The monoisotopic (exact) mass is 319 g/mol. The Balaban J connectivity index is 1.90. The van der Waals surface area contributed by atoms with Crippen LogP contribution in [-0.4, -0.2) is 41.7 Å². The van der Waals surface area contributed by atoms with Crippen LogP contribution >= 0.6 is 0 Å². The molecule has 128 valence electrons. The molecular weight excluding hydrogens is 290 g/mol. The minimum absolute atomic E-state index is 0.155. The zero-order valence-electron chi connectivity index (χ0n) is 14.5. The van der Waals surface area contributed by atoms with Crippen LogP contribution in [0.2, 0.25) is 0 Å². The third-order valence-corrected chi connectivity index (χ3v) is 4.93. The summed E-state index contributed by atoms with van der Waals surface area (Å²) in [5.74, 6) is 0.174. The number of likely N-dealkylation sites (tertiary alicyclic amines) is 1. The maximum atomic E-state index is 10.7. The van der Waals surface area contributed by atoms with Gasteiger partial charge in [0.25, 0.3) is 0 Å². The number of carboxylic acid groups (broad SMARTS) is 1. The van der Waals surface area contributed by atoms with Gasteiger partial charge in [-0.25, -0.2) is 0 Å². The van der Waals surface area contributed by atoms with E-state index in [9.17, 15) is 4.79 Å². The van der Waals surface area contributed by atoms with Gasteiger partial charge in [-0.15, -0.1) is 0 Å². The van der Waals surface area contributed by atoms with E-state index < -0.39 is 5.97 Å². The molecule has 1 unspecified atom stereocenters. The number of piperidine rings is 1. The van der Waals surface area contributed by atoms with E-state index in [-0.39, 0.29) is 17.9 Å². The van der Waals surface area contributed by atoms with E-state index >= 15 is 0 Å². The lowest BCUT2D eigenvalue weighted by Crippen LogP contribution is -2.41. The van der Waals surface area contributed by atoms with Gasteiger partial charge >= 0.3 is 5.97 Å². The molecule has 0 aliphatic carbocycles. The maximum Gasteiger partial charge on any atom is 0.304 e. The lowest BCUT2D eigenvalue weighted by atomic mass is 9.82. The predicted molar refractivity (Wildman–Crippen MR) is 92.1 cm³/mol. The van der Waals surface area contributed by atoms with E-state index in [1.807, 2.05) is 0 Å². The first-order valence-corrected chi connectivity index (χ1v) is 8.62. The fraction of sp³-hybridized carbons (Fsp3) is 0.632. The third kappa shape index (κ3) is 5.24. The first-order valence-electron chi connectivity index (χ1n) is 8.62. The number of hydrogen-bond acceptors (Lipinski definition) is 3. The number of nitrogens with zero attached hydrogens (tertiary/aromatic N) is 1. The van der Waals surface area contributed by atoms with E-state index in [0.717, 1.165) is 38.1 Å². The average molecular weight is 319 g/mol. The molecule has 0 spiro atoms. The number of carbonyl (C=O) groups is 1. The molecule has 4 heteroatoms. The largest absolute Gasteiger partial charge is 0.489 e. The van der Waals surface area contributed by atoms with E-state index in [0.29, 0.717) is 6.54 Å². The number of carboxylic acids is 1. The van der Waals surface area contributed by atoms with Crippen LogP contribution in [0.1, 0.15) is 52.0 Å². The highest BCUT2D eigenvalue weighted by atomic mass is 16.5. The summed E-state index contributed by atoms with van der Waals surface area (Å²) in [5, 5.41) is 8.80. The molecule has 1 saturated heterocycles. The second kappa shape index (κ2) is 7.82. The molecule has 1 N–H and O–H groups in total. The first kappa shape index (κ1) is 17.8. The Morgan fingerprint density at radius 2 is 2.04 bits per heavy atom. The van der Waals surface area contributed by atoms with E-state index in [4.69, 9.17) is 9.84 Å². The van der Waals surface area contributed by atoms with Crippen molar-refractivity contribution in [3.8, 4) is 5.75 Å². The summed E-state index contributed by atoms with van der Waals surface area (Å²) in [6.45, 7) is 9.11. The lowest BCUT2D eigenvalue weighted by Gasteiger charge is -2.32. The van der Waals surface area contributed by atoms with Crippen molar-refractivity contribution in [1.82, 2.24) is 4.90 Å². The molecule has 4 nitrogen and oxygen atoms in total. The summed E-state index contributed by atoms with van der Waals surface area (Å²) in [6, 6.07) is 8.43. The fourth-order valence-electron chi connectivity index (χ4n) is 2.95. The van der Waals surface area contributed by atoms with Crippen LogP contribution < -0.4 is 4.74 Å². The molecule has 1 atom stereocenters. The Labute approximate surface area is 139 Å². The highest BCUT2D eigenvalue weighted by Crippen LogP contribution is 2.28. The summed E-state index contributed by atoms with van der Waals surface area (Å²) < 4.78 is 6.10. The van der Waals surface area contributed by atoms with Crippen LogP contribution in [0.5, 0.6) is 5.75 Å². The normalized spacial score (nSPS) is 19.5. The molecule has 0 radical (unpaired) electrons. The second-order valence-corrected chi connectivity index (χ2v) is 7.09. The number of aliphatic carboxylic acids is 1. The minimum atomic E-state index is -0.734. The van der Waals surface area contributed by atoms with Crippen molar-refractivity contribution in [2.45, 2.75) is 58.0 Å². The van der Waals surface area contributed by atoms with Crippen LogP contribution in [0.15, 0.2) is 24.3 Å². The van der Waals surface area contributed by atoms with Gasteiger partial charge in [0.1, 0.15) is 11.9 Å². The van der Waals surface area contributed by atoms with Crippen molar-refractivity contribution in [1.29, 1.82) is 0 Å². The second-order valence-electron chi connectivity index (χ2n) is 7.09. The molecule has 2 rings (SSSR count). The van der Waals surface area contributed by atoms with Crippen LogP contribution in [0, 0.1) is 0 Å². The highest BCUT2D eigenvalue weighted by Gasteiger charge is 2.22. The zero-order chi connectivity index (χ0) is 16.9. The standard InChI is InChI=1S/C19H29NO3/c1-4-19(2,3)15-7-9-16(10-8-15)23-17-6-5-12-20(14-17)13-11-18(21)22/h7-10,17H,4-6,11-14H2,1-3H3,(H,21,22). The van der Waals surface area contributed by atoms with Crippen molar-refractivity contribution in [2.24, 2.45) is 0 Å². The van der Waals surface area contributed by atoms with Crippen molar-refractivity contribution < 1.29 is 14.6 Å². The molecule has 1 heterocycles. The van der Waals surface area contributed by atoms with Crippen LogP contribution in [-0.2, 0) is 10.2 Å². The number of hydrogen-bond donors (Lipinski definition) is 1. The summed E-state index contributed by atoms with van der Waals surface area (Å²) in [7, 11) is 0. The van der Waals surface area contributed by atoms with E-state index in [2.05, 4.69) is 49.9 Å². The number of rotatable bonds is 7. The zero-order valence-corrected chi connectivity index (χ0v) is 14.5. The molecule has 0 aromatic heterocycles. The van der Waals surface area contributed by atoms with Crippen LogP contribution in [0.25, 0.3) is 0 Å². The Morgan fingerprint density at radius 3 is 2.65 bits per heavy atom. The highest BCUT2D eigenvalue weighted by molar-refractivity contribution is 5.66. The summed E-state index contributed by atoms with van der Waals surface area (Å²) >= 11 is 0. The smallest absolute Gasteiger partial charge is 0.304 e. The fourth-order valence-corrected chi connectivity index (χ4v) is 2.95. The van der Waals surface area contributed by atoms with Crippen molar-refractivity contribution in [3.63, 3.8) is 0 Å². The van der Waals surface area contributed by atoms with Crippen LogP contribution in [0.4, 0.5) is 0 Å². The van der Waals surface area contributed by atoms with Crippen LogP contribution in [0.3, 0.4) is 0 Å². The Kier molecular flexibility index (Phi) is 6.05. The van der Waals surface area contributed by atoms with Crippen molar-refractivity contribution in [2.75, 3.05) is 19.6 Å². The molecule has 1 aliphatic heterocycles. The predicted octanol–water partition coefficient (Wildman–Crippen LogP) is 3.69. The van der Waals surface area contributed by atoms with Gasteiger partial charge in [-0.05, 0) is 48.9 Å². The first-order chi connectivity index (χ1) is 10.9. The molecular formula is C19H29NO3. The molecule has 23 heavy (non-hydrogen) atoms. The van der Waals surface area contributed by atoms with Gasteiger partial charge in [0.15, 0.2) is 0 Å². The topological polar surface area (TPSA) is 49.8 Å². The molecule has 1 fully saturated rings. The Morgan fingerprint density at radius 1 is 1.35 bits per heavy atom. The van der Waals surface area contributed by atoms with Gasteiger partial charge in [-0.2, -0.15) is 0 Å². The van der Waals surface area contributed by atoms with Gasteiger partial charge in [-0.3, -0.25) is 9.69 Å². The van der Waals surface area contributed by atoms with Gasteiger partial charge < -0.3 is 9.84 Å². The maximum absolute atomic E-state index is 10.7. The van der Waals surface area contributed by atoms with Gasteiger partial charge in [-0.1, -0.05) is 32.9 Å². The number of ether oxygens (including phenoxy) is 1. The molecule has 1 aliphatic rings. The quantitative estimate of drug-likeness (QED) is 0.832. The summed E-state index contributed by atoms with van der Waals surface area (Å²) in [6.07, 6.45) is 3.56. The Hall–Kier alpha value is -1.55. The van der Waals surface area contributed by atoms with Crippen molar-refractivity contribution in [3.05, 3.63) is 29.8 Å². The summed E-state index contributed by atoms with van der Waals surface area (Å²) in [4.78, 5) is 12.9. The molecule has 1 aromatic carbocycles. The molecule has 0 bridgehead atoms. The molecule has 0 saturated carbocycles.